The predicted molar refractivity (Wildman–Crippen MR) is 142 cm³/mol. The molecule has 188 valence electrons. The first kappa shape index (κ1) is 24.9. The van der Waals surface area contributed by atoms with Crippen LogP contribution in [0.25, 0.3) is 21.6 Å². The molecule has 5 rings (SSSR count). The number of hydrogen-bond acceptors (Lipinski definition) is 6. The van der Waals surface area contributed by atoms with Crippen LogP contribution >= 0.6 is 0 Å². The number of amides is 1. The van der Waals surface area contributed by atoms with Crippen molar-refractivity contribution in [2.24, 2.45) is 5.11 Å². The Morgan fingerprint density at radius 1 is 1.05 bits per heavy atom. The maximum absolute atomic E-state index is 12.9. The lowest BCUT2D eigenvalue weighted by Crippen LogP contribution is -2.48. The van der Waals surface area contributed by atoms with Crippen LogP contribution in [0.3, 0.4) is 0 Å². The highest BCUT2D eigenvalue weighted by Gasteiger charge is 2.30. The molecule has 9 nitrogen and oxygen atoms in total. The number of rotatable bonds is 6. The SMILES string of the molecule is Cc1c(CN2CCN(C(=O)OCC3c4ccccc4-c4ccccc43)CC2)cc(B(O)O)cc1N=[N+]=[N-]. The van der Waals surface area contributed by atoms with Crippen LogP contribution in [0.1, 0.15) is 28.2 Å². The number of benzene rings is 3. The summed E-state index contributed by atoms with van der Waals surface area (Å²) in [5.41, 5.74) is 15.9. The molecule has 10 heteroatoms. The van der Waals surface area contributed by atoms with Crippen LogP contribution in [0, 0.1) is 6.92 Å². The normalized spacial score (nSPS) is 15.1. The Hall–Kier alpha value is -3.82. The summed E-state index contributed by atoms with van der Waals surface area (Å²) < 4.78 is 5.80. The summed E-state index contributed by atoms with van der Waals surface area (Å²) >= 11 is 0. The lowest BCUT2D eigenvalue weighted by atomic mass is 9.78. The van der Waals surface area contributed by atoms with E-state index in [1.54, 1.807) is 11.0 Å². The van der Waals surface area contributed by atoms with Gasteiger partial charge in [0.05, 0.1) is 0 Å². The van der Waals surface area contributed by atoms with Crippen LogP contribution in [0.15, 0.2) is 65.8 Å². The van der Waals surface area contributed by atoms with Crippen LogP contribution in [0.4, 0.5) is 10.5 Å². The molecule has 0 saturated carbocycles. The summed E-state index contributed by atoms with van der Waals surface area (Å²) in [6.45, 7) is 5.03. The Kier molecular flexibility index (Phi) is 7.16. The molecule has 0 bridgehead atoms. The molecule has 1 amide bonds. The fraction of sp³-hybridized carbons (Fsp3) is 0.296. The Labute approximate surface area is 215 Å². The molecule has 0 spiro atoms. The number of piperazine rings is 1. The molecule has 2 aliphatic rings. The molecule has 1 fully saturated rings. The van der Waals surface area contributed by atoms with Crippen LogP contribution in [0.2, 0.25) is 0 Å². The highest BCUT2D eigenvalue weighted by atomic mass is 16.6. The molecule has 1 aliphatic carbocycles. The summed E-state index contributed by atoms with van der Waals surface area (Å²) in [7, 11) is -1.66. The van der Waals surface area contributed by atoms with E-state index in [9.17, 15) is 14.8 Å². The third-order valence-electron chi connectivity index (χ3n) is 7.32. The third-order valence-corrected chi connectivity index (χ3v) is 7.32. The van der Waals surface area contributed by atoms with Crippen LogP contribution < -0.4 is 5.46 Å². The van der Waals surface area contributed by atoms with E-state index in [1.807, 2.05) is 31.2 Å². The summed E-state index contributed by atoms with van der Waals surface area (Å²) in [6, 6.07) is 19.7. The summed E-state index contributed by atoms with van der Waals surface area (Å²) in [5, 5.41) is 22.9. The van der Waals surface area contributed by atoms with E-state index in [0.29, 0.717) is 45.0 Å². The van der Waals surface area contributed by atoms with Crippen LogP contribution in [-0.4, -0.2) is 65.8 Å². The molecule has 0 radical (unpaired) electrons. The lowest BCUT2D eigenvalue weighted by molar-refractivity contribution is 0.0728. The van der Waals surface area contributed by atoms with Crippen molar-refractivity contribution in [1.82, 2.24) is 9.80 Å². The van der Waals surface area contributed by atoms with Gasteiger partial charge in [0, 0.05) is 49.2 Å². The van der Waals surface area contributed by atoms with E-state index >= 15 is 0 Å². The molecular formula is C27H28BN5O4. The predicted octanol–water partition coefficient (Wildman–Crippen LogP) is 3.68. The largest absolute Gasteiger partial charge is 0.488 e. The molecule has 1 saturated heterocycles. The van der Waals surface area contributed by atoms with Gasteiger partial charge in [0.1, 0.15) is 6.61 Å². The van der Waals surface area contributed by atoms with Crippen LogP contribution in [-0.2, 0) is 11.3 Å². The van der Waals surface area contributed by atoms with E-state index in [4.69, 9.17) is 10.3 Å². The third kappa shape index (κ3) is 5.05. The molecule has 3 aromatic carbocycles. The van der Waals surface area contributed by atoms with Gasteiger partial charge in [0.25, 0.3) is 0 Å². The number of carbonyl (C=O) groups is 1. The Morgan fingerprint density at radius 2 is 1.68 bits per heavy atom. The average molecular weight is 497 g/mol. The zero-order valence-electron chi connectivity index (χ0n) is 20.6. The minimum atomic E-state index is -1.66. The lowest BCUT2D eigenvalue weighted by Gasteiger charge is -2.34. The fourth-order valence-electron chi connectivity index (χ4n) is 5.26. The van der Waals surface area contributed by atoms with Gasteiger partial charge in [-0.05, 0) is 51.3 Å². The van der Waals surface area contributed by atoms with Crippen molar-refractivity contribution in [1.29, 1.82) is 0 Å². The van der Waals surface area contributed by atoms with Crippen molar-refractivity contribution in [2.75, 3.05) is 32.8 Å². The van der Waals surface area contributed by atoms with E-state index in [2.05, 4.69) is 39.2 Å². The van der Waals surface area contributed by atoms with Gasteiger partial charge in [-0.3, -0.25) is 4.90 Å². The fourth-order valence-corrected chi connectivity index (χ4v) is 5.26. The van der Waals surface area contributed by atoms with E-state index < -0.39 is 7.12 Å². The Bertz CT molecular complexity index is 1320. The number of hydrogen-bond donors (Lipinski definition) is 2. The van der Waals surface area contributed by atoms with E-state index in [-0.39, 0.29) is 17.5 Å². The van der Waals surface area contributed by atoms with Crippen molar-refractivity contribution in [3.8, 4) is 11.1 Å². The molecule has 0 unspecified atom stereocenters. The van der Waals surface area contributed by atoms with Crippen molar-refractivity contribution in [3.05, 3.63) is 93.4 Å². The van der Waals surface area contributed by atoms with Gasteiger partial charge in [-0.25, -0.2) is 4.79 Å². The van der Waals surface area contributed by atoms with Crippen molar-refractivity contribution in [3.63, 3.8) is 0 Å². The number of nitrogens with zero attached hydrogens (tertiary/aromatic N) is 5. The second-order valence-corrected chi connectivity index (χ2v) is 9.45. The highest BCUT2D eigenvalue weighted by molar-refractivity contribution is 6.58. The van der Waals surface area contributed by atoms with Crippen molar-refractivity contribution in [2.45, 2.75) is 19.4 Å². The summed E-state index contributed by atoms with van der Waals surface area (Å²) in [6.07, 6.45) is -0.311. The van der Waals surface area contributed by atoms with Gasteiger partial charge < -0.3 is 19.7 Å². The quantitative estimate of drug-likeness (QED) is 0.233. The van der Waals surface area contributed by atoms with Gasteiger partial charge in [0.15, 0.2) is 0 Å². The van der Waals surface area contributed by atoms with Gasteiger partial charge in [-0.2, -0.15) is 0 Å². The van der Waals surface area contributed by atoms with E-state index in [1.165, 1.54) is 28.3 Å². The van der Waals surface area contributed by atoms with Crippen molar-refractivity contribution >= 4 is 24.4 Å². The topological polar surface area (TPSA) is 122 Å². The standard InChI is InChI=1S/C27H28BN5O4/c1-18-19(14-20(28(35)36)15-26(18)30-31-29)16-32-10-12-33(13-11-32)27(34)37-17-25-23-8-4-2-6-21(23)22-7-3-5-9-24(22)25/h2-9,14-15,25,35-36H,10-13,16-17H2,1H3. The zero-order valence-corrected chi connectivity index (χ0v) is 20.6. The second kappa shape index (κ2) is 10.7. The first-order valence-corrected chi connectivity index (χ1v) is 12.3. The number of ether oxygens (including phenoxy) is 1. The Balaban J connectivity index is 1.20. The molecule has 1 aliphatic heterocycles. The molecule has 2 N–H and O–H groups in total. The molecule has 37 heavy (non-hydrogen) atoms. The minimum Gasteiger partial charge on any atom is -0.448 e. The maximum Gasteiger partial charge on any atom is 0.488 e. The molecule has 0 aromatic heterocycles. The highest BCUT2D eigenvalue weighted by Crippen LogP contribution is 2.44. The number of azide groups is 1. The second-order valence-electron chi connectivity index (χ2n) is 9.45. The molecule has 0 atom stereocenters. The molecule has 1 heterocycles. The van der Waals surface area contributed by atoms with Gasteiger partial charge in [0.2, 0.25) is 0 Å². The Morgan fingerprint density at radius 3 is 2.27 bits per heavy atom. The number of carbonyl (C=O) groups excluding carboxylic acids is 1. The van der Waals surface area contributed by atoms with Crippen LogP contribution in [0.5, 0.6) is 0 Å². The zero-order chi connectivity index (χ0) is 25.9. The first-order chi connectivity index (χ1) is 18.0. The monoisotopic (exact) mass is 497 g/mol. The average Bonchev–Trinajstić information content (AvgIpc) is 3.23. The minimum absolute atomic E-state index is 0.0278. The van der Waals surface area contributed by atoms with Gasteiger partial charge in [-0.15, -0.1) is 0 Å². The van der Waals surface area contributed by atoms with Gasteiger partial charge >= 0.3 is 13.2 Å². The first-order valence-electron chi connectivity index (χ1n) is 12.3. The summed E-state index contributed by atoms with van der Waals surface area (Å²) in [4.78, 5) is 19.7. The van der Waals surface area contributed by atoms with Crippen molar-refractivity contribution < 1.29 is 19.6 Å². The maximum atomic E-state index is 12.9. The molecular weight excluding hydrogens is 469 g/mol. The summed E-state index contributed by atoms with van der Waals surface area (Å²) in [5.74, 6) is 0.0278. The van der Waals surface area contributed by atoms with Gasteiger partial charge in [-0.1, -0.05) is 65.8 Å². The van der Waals surface area contributed by atoms with E-state index in [0.717, 1.165) is 11.1 Å². The number of fused-ring (bicyclic) bond motifs is 3. The molecule has 3 aromatic rings. The smallest absolute Gasteiger partial charge is 0.448 e.